The molecule has 0 radical (unpaired) electrons. The number of urea groups is 1. The van der Waals surface area contributed by atoms with Gasteiger partial charge >= 0.3 is 18.2 Å². The third kappa shape index (κ3) is 8.84. The van der Waals surface area contributed by atoms with E-state index < -0.39 is 18.2 Å². The van der Waals surface area contributed by atoms with Gasteiger partial charge in [0.2, 0.25) is 0 Å². The first-order valence-electron chi connectivity index (χ1n) is 13.1. The van der Waals surface area contributed by atoms with Gasteiger partial charge in [-0.15, -0.1) is 11.8 Å². The Morgan fingerprint density at radius 1 is 1.09 bits per heavy atom. The van der Waals surface area contributed by atoms with Crippen molar-refractivity contribution in [1.82, 2.24) is 30.8 Å². The molecule has 0 saturated carbocycles. The number of aromatic amines is 2. The molecular formula is C29H26Cl2F3N7O3S. The number of thioether (sulfide) groups is 1. The number of hydrogen-bond acceptors (Lipinski definition) is 6. The third-order valence-electron chi connectivity index (χ3n) is 6.39. The van der Waals surface area contributed by atoms with Crippen LogP contribution in [0, 0.1) is 0 Å². The highest BCUT2D eigenvalue weighted by Gasteiger charge is 2.38. The van der Waals surface area contributed by atoms with Crippen LogP contribution in [0.1, 0.15) is 23.0 Å². The van der Waals surface area contributed by atoms with Gasteiger partial charge in [0.25, 0.3) is 0 Å². The van der Waals surface area contributed by atoms with Crippen molar-refractivity contribution in [3.05, 3.63) is 93.9 Å². The average molecular weight is 681 g/mol. The van der Waals surface area contributed by atoms with Crippen LogP contribution in [0.2, 0.25) is 10.2 Å². The van der Waals surface area contributed by atoms with E-state index in [-0.39, 0.29) is 6.03 Å². The minimum atomic E-state index is -5.08. The molecule has 0 bridgehead atoms. The Balaban J connectivity index is 0.000000591. The molecule has 2 amide bonds. The number of nitrogens with one attached hydrogen (secondary N) is 4. The van der Waals surface area contributed by atoms with Gasteiger partial charge in [0.1, 0.15) is 16.7 Å². The number of amides is 2. The number of alkyl halides is 3. The number of benzene rings is 3. The summed E-state index contributed by atoms with van der Waals surface area (Å²) in [6, 6.07) is 20.4. The van der Waals surface area contributed by atoms with Crippen molar-refractivity contribution in [2.24, 2.45) is 0 Å². The van der Waals surface area contributed by atoms with Gasteiger partial charge in [-0.25, -0.2) is 14.6 Å². The van der Waals surface area contributed by atoms with Crippen molar-refractivity contribution in [2.75, 3.05) is 12.0 Å². The maximum absolute atomic E-state index is 13.0. The van der Waals surface area contributed by atoms with Gasteiger partial charge in [0.05, 0.1) is 11.6 Å². The van der Waals surface area contributed by atoms with Crippen molar-refractivity contribution in [3.8, 4) is 11.3 Å². The normalized spacial score (nSPS) is 11.9. The Kier molecular flexibility index (Phi) is 10.9. The molecule has 1 atom stereocenters. The number of nitrogens with two attached hydrogens (primary N) is 1. The number of nitrogen functional groups attached to an aromatic ring is 1. The number of hydrogen-bond donors (Lipinski definition) is 6. The van der Waals surface area contributed by atoms with Crippen LogP contribution in [-0.2, 0) is 17.8 Å². The van der Waals surface area contributed by atoms with Crippen LogP contribution in [-0.4, -0.2) is 49.7 Å². The summed E-state index contributed by atoms with van der Waals surface area (Å²) in [5.41, 5.74) is 10.0. The Bertz CT molecular complexity index is 1800. The molecule has 10 nitrogen and oxygen atoms in total. The molecule has 0 unspecified atom stereocenters. The predicted molar refractivity (Wildman–Crippen MR) is 168 cm³/mol. The van der Waals surface area contributed by atoms with Gasteiger partial charge in [-0.2, -0.15) is 18.3 Å². The third-order valence-corrected chi connectivity index (χ3v) is 7.73. The number of fused-ring (bicyclic) bond motifs is 1. The molecule has 2 heterocycles. The minimum absolute atomic E-state index is 0.331. The van der Waals surface area contributed by atoms with E-state index >= 15 is 0 Å². The summed E-state index contributed by atoms with van der Waals surface area (Å²) in [7, 11) is 0. The number of carbonyl (C=O) groups excluding carboxylic acids is 1. The Morgan fingerprint density at radius 3 is 2.47 bits per heavy atom. The molecule has 236 valence electrons. The van der Waals surface area contributed by atoms with Gasteiger partial charge < -0.3 is 26.5 Å². The molecule has 0 saturated heterocycles. The van der Waals surface area contributed by atoms with Crippen LogP contribution in [0.25, 0.3) is 22.2 Å². The van der Waals surface area contributed by atoms with E-state index in [2.05, 4.69) is 25.8 Å². The van der Waals surface area contributed by atoms with Gasteiger partial charge in [-0.05, 0) is 54.1 Å². The molecule has 7 N–H and O–H groups in total. The van der Waals surface area contributed by atoms with E-state index in [0.29, 0.717) is 40.5 Å². The maximum Gasteiger partial charge on any atom is 0.490 e. The molecule has 0 aliphatic carbocycles. The highest BCUT2D eigenvalue weighted by atomic mass is 35.5. The molecule has 16 heteroatoms. The lowest BCUT2D eigenvalue weighted by molar-refractivity contribution is -0.192. The van der Waals surface area contributed by atoms with E-state index in [1.165, 1.54) is 0 Å². The quantitative estimate of drug-likeness (QED) is 0.0964. The van der Waals surface area contributed by atoms with Crippen LogP contribution in [0.3, 0.4) is 0 Å². The molecule has 5 rings (SSSR count). The average Bonchev–Trinajstić information content (AvgIpc) is 3.58. The van der Waals surface area contributed by atoms with Crippen LogP contribution in [0.5, 0.6) is 0 Å². The first-order chi connectivity index (χ1) is 21.3. The molecule has 45 heavy (non-hydrogen) atoms. The number of carbonyl (C=O) groups is 2. The van der Waals surface area contributed by atoms with E-state index in [1.54, 1.807) is 11.8 Å². The summed E-state index contributed by atoms with van der Waals surface area (Å²) in [4.78, 5) is 30.9. The van der Waals surface area contributed by atoms with Gasteiger partial charge in [-0.3, -0.25) is 5.10 Å². The number of H-pyrrole nitrogens is 2. The number of imidazole rings is 1. The fraction of sp³-hybridized carbons (Fsp3) is 0.172. The monoisotopic (exact) mass is 679 g/mol. The smallest absolute Gasteiger partial charge is 0.475 e. The highest BCUT2D eigenvalue weighted by molar-refractivity contribution is 7.98. The van der Waals surface area contributed by atoms with Crippen LogP contribution in [0.4, 0.5) is 23.8 Å². The summed E-state index contributed by atoms with van der Waals surface area (Å²) in [6.07, 6.45) is -2.58. The second kappa shape index (κ2) is 14.6. The van der Waals surface area contributed by atoms with Gasteiger partial charge in [-0.1, -0.05) is 59.6 Å². The Morgan fingerprint density at radius 2 is 1.80 bits per heavy atom. The summed E-state index contributed by atoms with van der Waals surface area (Å²) >= 11 is 14.4. The van der Waals surface area contributed by atoms with E-state index in [0.717, 1.165) is 32.5 Å². The summed E-state index contributed by atoms with van der Waals surface area (Å²) in [5.74, 6) is -1.78. The topological polar surface area (TPSA) is 162 Å². The number of rotatable bonds is 8. The second-order valence-electron chi connectivity index (χ2n) is 9.48. The maximum atomic E-state index is 13.0. The lowest BCUT2D eigenvalue weighted by Gasteiger charge is -2.18. The fourth-order valence-electron chi connectivity index (χ4n) is 4.25. The number of halogens is 5. The predicted octanol–water partition coefficient (Wildman–Crippen LogP) is 6.98. The van der Waals surface area contributed by atoms with E-state index in [9.17, 15) is 18.0 Å². The molecular weight excluding hydrogens is 654 g/mol. The number of aliphatic carboxylic acids is 1. The largest absolute Gasteiger partial charge is 0.490 e. The molecule has 0 spiro atoms. The number of nitrogens with zero attached hydrogens (tertiary/aromatic N) is 2. The number of anilines is 1. The number of aromatic nitrogens is 4. The zero-order chi connectivity index (χ0) is 32.7. The number of carboxylic acids is 1. The van der Waals surface area contributed by atoms with Crippen LogP contribution in [0.15, 0.2) is 71.6 Å². The van der Waals surface area contributed by atoms with Gasteiger partial charge in [0, 0.05) is 27.4 Å². The summed E-state index contributed by atoms with van der Waals surface area (Å²) < 4.78 is 31.7. The van der Waals surface area contributed by atoms with Crippen molar-refractivity contribution in [3.63, 3.8) is 0 Å². The minimum Gasteiger partial charge on any atom is -0.475 e. The SMILES string of the molecule is CSc1ccc(Cl)cc1CNC(=O)N[C@@H](Cc1ccccc1)c1nc(-c2ccc3c(N)n[nH]c3c2)c(Cl)[nH]1.O=C(O)C(F)(F)F. The van der Waals surface area contributed by atoms with Crippen LogP contribution >= 0.6 is 35.0 Å². The van der Waals surface area contributed by atoms with E-state index in [1.807, 2.05) is 73.0 Å². The lowest BCUT2D eigenvalue weighted by Crippen LogP contribution is -2.38. The van der Waals surface area contributed by atoms with Crippen molar-refractivity contribution < 1.29 is 27.9 Å². The summed E-state index contributed by atoms with van der Waals surface area (Å²) in [6.45, 7) is 0.331. The van der Waals surface area contributed by atoms with Crippen LogP contribution < -0.4 is 16.4 Å². The first-order valence-corrected chi connectivity index (χ1v) is 15.0. The van der Waals surface area contributed by atoms with E-state index in [4.69, 9.17) is 43.8 Å². The first kappa shape index (κ1) is 33.5. The van der Waals surface area contributed by atoms with Crippen molar-refractivity contribution >= 4 is 63.7 Å². The molecule has 5 aromatic rings. The Labute approximate surface area is 268 Å². The molecule has 0 aliphatic rings. The molecule has 2 aromatic heterocycles. The van der Waals surface area contributed by atoms with Crippen molar-refractivity contribution in [1.29, 1.82) is 0 Å². The zero-order valence-electron chi connectivity index (χ0n) is 23.4. The van der Waals surface area contributed by atoms with Gasteiger partial charge in [0.15, 0.2) is 5.82 Å². The van der Waals surface area contributed by atoms with Crippen molar-refractivity contribution in [2.45, 2.75) is 30.1 Å². The molecule has 0 aliphatic heterocycles. The summed E-state index contributed by atoms with van der Waals surface area (Å²) in [5, 5.41) is 21.9. The standard InChI is InChI=1S/C27H25Cl2N7OS.C2HF3O2/c1-38-22-10-8-18(28)12-17(22)14-31-27(37)32-21(11-15-5-3-2-4-6-15)26-33-23(24(29)34-26)16-7-9-19-20(13-16)35-36-25(19)30;3-2(4,5)1(6)7/h2-10,12-13,21H,11,14H2,1H3,(H,33,34)(H3,30,35,36)(H2,31,32,37);(H,6,7)/t21-;/m0./s1. The zero-order valence-corrected chi connectivity index (χ0v) is 25.7. The lowest BCUT2D eigenvalue weighted by atomic mass is 10.1. The molecule has 3 aromatic carbocycles. The second-order valence-corrected chi connectivity index (χ2v) is 11.1. The number of carboxylic acid groups (broad SMARTS) is 1. The highest BCUT2D eigenvalue weighted by Crippen LogP contribution is 2.31. The molecule has 0 fully saturated rings. The Hall–Kier alpha value is -4.40. The fourth-order valence-corrected chi connectivity index (χ4v) is 5.29.